The maximum atomic E-state index is 12.1. The van der Waals surface area contributed by atoms with Crippen molar-refractivity contribution in [1.82, 2.24) is 9.78 Å². The van der Waals surface area contributed by atoms with Crippen molar-refractivity contribution in [2.75, 3.05) is 14.2 Å². The molecule has 0 bridgehead atoms. The van der Waals surface area contributed by atoms with Gasteiger partial charge in [-0.15, -0.1) is 0 Å². The molecule has 0 spiro atoms. The molecule has 0 saturated carbocycles. The van der Waals surface area contributed by atoms with E-state index in [0.717, 1.165) is 0 Å². The first-order valence-corrected chi connectivity index (χ1v) is 10.3. The fraction of sp³-hybridized carbons (Fsp3) is 0.111. The summed E-state index contributed by atoms with van der Waals surface area (Å²) in [5.41, 5.74) is 1.25. The summed E-state index contributed by atoms with van der Waals surface area (Å²) in [5.74, 6) is -0.265. The number of benzene rings is 2. The average molecular weight is 456 g/mol. The van der Waals surface area contributed by atoms with Gasteiger partial charge in [-0.3, -0.25) is 0 Å². The fourth-order valence-electron chi connectivity index (χ4n) is 2.65. The number of methoxy groups -OCH3 is 2. The highest BCUT2D eigenvalue weighted by atomic mass is 35.5. The van der Waals surface area contributed by atoms with Crippen LogP contribution < -0.4 is 9.88 Å². The lowest BCUT2D eigenvalue weighted by molar-refractivity contribution is 0.0593. The zero-order valence-corrected chi connectivity index (χ0v) is 17.5. The molecule has 3 aromatic rings. The second-order valence-corrected chi connectivity index (χ2v) is 8.15. The molecular weight excluding hydrogens is 441 g/mol. The Kier molecular flexibility index (Phi) is 5.85. The van der Waals surface area contributed by atoms with Crippen LogP contribution in [0.2, 0.25) is 10.0 Å². The molecule has 0 aliphatic carbocycles. The second-order valence-electron chi connectivity index (χ2n) is 5.80. The van der Waals surface area contributed by atoms with Gasteiger partial charge in [-0.05, 0) is 42.5 Å². The Balaban J connectivity index is 2.23. The fourth-order valence-corrected chi connectivity index (χ4v) is 3.73. The van der Waals surface area contributed by atoms with Crippen LogP contribution in [0.25, 0.3) is 16.9 Å². The highest BCUT2D eigenvalue weighted by Crippen LogP contribution is 2.37. The number of hydrogen-bond acceptors (Lipinski definition) is 6. The molecule has 0 aliphatic heterocycles. The molecule has 0 saturated heterocycles. The van der Waals surface area contributed by atoms with Crippen LogP contribution >= 0.6 is 23.2 Å². The zero-order chi connectivity index (χ0) is 21.3. The molecule has 0 fully saturated rings. The van der Waals surface area contributed by atoms with Crippen molar-refractivity contribution in [2.45, 2.75) is 4.90 Å². The minimum Gasteiger partial charge on any atom is -0.495 e. The van der Waals surface area contributed by atoms with Gasteiger partial charge in [0, 0.05) is 5.56 Å². The Morgan fingerprint density at radius 3 is 2.28 bits per heavy atom. The smallest absolute Gasteiger partial charge is 0.360 e. The summed E-state index contributed by atoms with van der Waals surface area (Å²) >= 11 is 12.7. The molecule has 29 heavy (non-hydrogen) atoms. The average Bonchev–Trinajstić information content (AvgIpc) is 3.04. The Morgan fingerprint density at radius 1 is 1.10 bits per heavy atom. The number of sulfonamides is 1. The van der Waals surface area contributed by atoms with Crippen LogP contribution in [0.1, 0.15) is 10.5 Å². The molecule has 3 rings (SSSR count). The van der Waals surface area contributed by atoms with Gasteiger partial charge >= 0.3 is 5.97 Å². The van der Waals surface area contributed by atoms with E-state index in [2.05, 4.69) is 5.10 Å². The number of aromatic nitrogens is 2. The van der Waals surface area contributed by atoms with Gasteiger partial charge in [0.1, 0.15) is 10.8 Å². The number of carbonyl (C=O) groups excluding carboxylic acids is 1. The number of carbonyl (C=O) groups is 1. The molecule has 2 N–H and O–H groups in total. The Bertz CT molecular complexity index is 1190. The molecule has 1 heterocycles. The lowest BCUT2D eigenvalue weighted by Gasteiger charge is -2.10. The van der Waals surface area contributed by atoms with Gasteiger partial charge in [-0.1, -0.05) is 23.2 Å². The Labute approximate surface area is 176 Å². The first kappa shape index (κ1) is 21.1. The van der Waals surface area contributed by atoms with E-state index in [-0.39, 0.29) is 15.6 Å². The highest BCUT2D eigenvalue weighted by molar-refractivity contribution is 7.89. The Hall–Kier alpha value is -2.59. The number of ether oxygens (including phenoxy) is 2. The number of halogens is 2. The monoisotopic (exact) mass is 455 g/mol. The van der Waals surface area contributed by atoms with Crippen molar-refractivity contribution in [3.05, 3.63) is 58.2 Å². The standard InChI is InChI=1S/C18H15Cl2N3O5S/c1-27-14-8-3-10(9-13(14)19)17-15(20)16(18(24)28-2)22-23(17)11-4-6-12(7-5-11)29(21,25)26/h3-9H,1-2H3,(H2,21,25,26). The van der Waals surface area contributed by atoms with Gasteiger partial charge in [-0.25, -0.2) is 23.0 Å². The summed E-state index contributed by atoms with van der Waals surface area (Å²) in [5, 5.41) is 9.76. The molecule has 1 aromatic heterocycles. The van der Waals surface area contributed by atoms with Gasteiger partial charge in [0.25, 0.3) is 0 Å². The van der Waals surface area contributed by atoms with E-state index in [0.29, 0.717) is 27.7 Å². The maximum Gasteiger partial charge on any atom is 0.360 e. The molecule has 0 atom stereocenters. The molecule has 152 valence electrons. The summed E-state index contributed by atoms with van der Waals surface area (Å²) in [4.78, 5) is 12.0. The minimum atomic E-state index is -3.86. The summed E-state index contributed by atoms with van der Waals surface area (Å²) in [6.07, 6.45) is 0. The summed E-state index contributed by atoms with van der Waals surface area (Å²) in [6, 6.07) is 10.6. The maximum absolute atomic E-state index is 12.1. The number of rotatable bonds is 5. The predicted octanol–water partition coefficient (Wildman–Crippen LogP) is 3.29. The van der Waals surface area contributed by atoms with Gasteiger partial charge in [0.2, 0.25) is 10.0 Å². The van der Waals surface area contributed by atoms with E-state index in [4.69, 9.17) is 37.8 Å². The lowest BCUT2D eigenvalue weighted by atomic mass is 10.1. The molecule has 0 unspecified atom stereocenters. The predicted molar refractivity (Wildman–Crippen MR) is 108 cm³/mol. The van der Waals surface area contributed by atoms with E-state index in [1.165, 1.54) is 43.2 Å². The van der Waals surface area contributed by atoms with E-state index in [1.807, 2.05) is 0 Å². The van der Waals surface area contributed by atoms with Gasteiger partial charge < -0.3 is 9.47 Å². The van der Waals surface area contributed by atoms with E-state index in [1.54, 1.807) is 18.2 Å². The van der Waals surface area contributed by atoms with Crippen LogP contribution in [0.3, 0.4) is 0 Å². The highest BCUT2D eigenvalue weighted by Gasteiger charge is 2.25. The van der Waals surface area contributed by atoms with E-state index in [9.17, 15) is 13.2 Å². The van der Waals surface area contributed by atoms with Crippen molar-refractivity contribution in [2.24, 2.45) is 5.14 Å². The number of hydrogen-bond donors (Lipinski definition) is 1. The zero-order valence-electron chi connectivity index (χ0n) is 15.2. The normalized spacial score (nSPS) is 11.3. The van der Waals surface area contributed by atoms with Crippen molar-refractivity contribution in [1.29, 1.82) is 0 Å². The van der Waals surface area contributed by atoms with Crippen molar-refractivity contribution in [3.8, 4) is 22.7 Å². The molecule has 11 heteroatoms. The first-order valence-electron chi connectivity index (χ1n) is 8.01. The third-order valence-electron chi connectivity index (χ3n) is 4.04. The minimum absolute atomic E-state index is 0.0496. The van der Waals surface area contributed by atoms with Crippen molar-refractivity contribution < 1.29 is 22.7 Å². The number of nitrogens with two attached hydrogens (primary N) is 1. The van der Waals surface area contributed by atoms with Crippen LogP contribution in [0, 0.1) is 0 Å². The summed E-state index contributed by atoms with van der Waals surface area (Å²) in [7, 11) is -1.16. The van der Waals surface area contributed by atoms with Crippen LogP contribution in [0.15, 0.2) is 47.4 Å². The van der Waals surface area contributed by atoms with Gasteiger partial charge in [0.15, 0.2) is 5.69 Å². The quantitative estimate of drug-likeness (QED) is 0.590. The van der Waals surface area contributed by atoms with Crippen LogP contribution in [-0.2, 0) is 14.8 Å². The SMILES string of the molecule is COC(=O)c1nn(-c2ccc(S(N)(=O)=O)cc2)c(-c2ccc(OC)c(Cl)c2)c1Cl. The first-order chi connectivity index (χ1) is 13.7. The number of esters is 1. The molecular formula is C18H15Cl2N3O5S. The number of nitrogens with zero attached hydrogens (tertiary/aromatic N) is 2. The second kappa shape index (κ2) is 8.03. The molecule has 2 aromatic carbocycles. The van der Waals surface area contributed by atoms with Gasteiger partial charge in [-0.2, -0.15) is 5.10 Å². The van der Waals surface area contributed by atoms with Crippen LogP contribution in [-0.4, -0.2) is 38.4 Å². The topological polar surface area (TPSA) is 114 Å². The van der Waals surface area contributed by atoms with Crippen LogP contribution in [0.4, 0.5) is 0 Å². The summed E-state index contributed by atoms with van der Waals surface area (Å²) < 4.78 is 34.3. The van der Waals surface area contributed by atoms with E-state index >= 15 is 0 Å². The molecule has 0 radical (unpaired) electrons. The lowest BCUT2D eigenvalue weighted by Crippen LogP contribution is -2.12. The third kappa shape index (κ3) is 4.08. The molecule has 0 amide bonds. The van der Waals surface area contributed by atoms with Crippen molar-refractivity contribution in [3.63, 3.8) is 0 Å². The van der Waals surface area contributed by atoms with Crippen LogP contribution in [0.5, 0.6) is 5.75 Å². The molecule has 8 nitrogen and oxygen atoms in total. The summed E-state index contributed by atoms with van der Waals surface area (Å²) in [6.45, 7) is 0. The van der Waals surface area contributed by atoms with E-state index < -0.39 is 16.0 Å². The van der Waals surface area contributed by atoms with Gasteiger partial charge in [0.05, 0.1) is 35.5 Å². The largest absolute Gasteiger partial charge is 0.495 e. The molecule has 0 aliphatic rings. The number of primary sulfonamides is 1. The third-order valence-corrected chi connectivity index (χ3v) is 5.62. The van der Waals surface area contributed by atoms with Crippen molar-refractivity contribution >= 4 is 39.2 Å². The Morgan fingerprint density at radius 2 is 1.76 bits per heavy atom.